The highest BCUT2D eigenvalue weighted by molar-refractivity contribution is 9.11. The van der Waals surface area contributed by atoms with Gasteiger partial charge in [0.1, 0.15) is 35.5 Å². The second-order valence-electron chi connectivity index (χ2n) is 12.8. The molecular weight excluding hydrogens is 682 g/mol. The zero-order valence-corrected chi connectivity index (χ0v) is 28.9. The SMILES string of the molecule is COc1ccc(N2C/C=C\CCC(=O)N(C)[C@H](C)[C@@H](c3ccccc3)OC(=O)[C@@H]3[C@H]4O[C@@]5(C=C4Br)[C@H](C2=O)N([C@H](C)CO)C(=O)[C@@H]35)cc1. The smallest absolute Gasteiger partial charge is 0.313 e. The molecule has 1 N–H and O–H groups in total. The first-order chi connectivity index (χ1) is 23.0. The van der Waals surface area contributed by atoms with Gasteiger partial charge in [0.2, 0.25) is 11.8 Å². The molecule has 4 aliphatic rings. The molecule has 8 atom stereocenters. The van der Waals surface area contributed by atoms with Gasteiger partial charge in [-0.15, -0.1) is 0 Å². The third-order valence-corrected chi connectivity index (χ3v) is 10.7. The number of fused-ring (bicyclic) bond motifs is 2. The van der Waals surface area contributed by atoms with E-state index in [1.807, 2.05) is 49.4 Å². The van der Waals surface area contributed by atoms with Gasteiger partial charge in [-0.25, -0.2) is 0 Å². The van der Waals surface area contributed by atoms with Crippen molar-refractivity contribution in [2.24, 2.45) is 11.8 Å². The van der Waals surface area contributed by atoms with Crippen LogP contribution in [0.25, 0.3) is 0 Å². The van der Waals surface area contributed by atoms with Crippen molar-refractivity contribution in [3.63, 3.8) is 0 Å². The number of ether oxygens (including phenoxy) is 3. The summed E-state index contributed by atoms with van der Waals surface area (Å²) in [6, 6.07) is 13.7. The summed E-state index contributed by atoms with van der Waals surface area (Å²) < 4.78 is 18.7. The molecule has 0 saturated carbocycles. The summed E-state index contributed by atoms with van der Waals surface area (Å²) in [5, 5.41) is 10.3. The Labute approximate surface area is 288 Å². The van der Waals surface area contributed by atoms with E-state index in [2.05, 4.69) is 15.9 Å². The fourth-order valence-corrected chi connectivity index (χ4v) is 8.14. The van der Waals surface area contributed by atoms with Crippen molar-refractivity contribution in [3.8, 4) is 5.75 Å². The number of esters is 1. The Kier molecular flexibility index (Phi) is 9.52. The van der Waals surface area contributed by atoms with Crippen LogP contribution in [0.15, 0.2) is 77.3 Å². The van der Waals surface area contributed by atoms with E-state index < -0.39 is 72.2 Å². The number of rotatable bonds is 5. The number of aliphatic hydroxyl groups is 1. The van der Waals surface area contributed by atoms with Crippen LogP contribution in [0.5, 0.6) is 5.75 Å². The molecule has 48 heavy (non-hydrogen) atoms. The Balaban J connectivity index is 1.49. The van der Waals surface area contributed by atoms with Crippen molar-refractivity contribution in [2.45, 2.75) is 62.6 Å². The molecule has 12 heteroatoms. The van der Waals surface area contributed by atoms with E-state index in [4.69, 9.17) is 14.2 Å². The molecule has 2 saturated heterocycles. The van der Waals surface area contributed by atoms with E-state index in [0.29, 0.717) is 27.9 Å². The highest BCUT2D eigenvalue weighted by Gasteiger charge is 2.75. The van der Waals surface area contributed by atoms with Crippen LogP contribution in [0.3, 0.4) is 0 Å². The molecular formula is C36H40BrN3O8. The Bertz CT molecular complexity index is 1630. The van der Waals surface area contributed by atoms with Crippen molar-refractivity contribution in [3.05, 3.63) is 82.9 Å². The van der Waals surface area contributed by atoms with Gasteiger partial charge in [0, 0.05) is 30.2 Å². The van der Waals surface area contributed by atoms with Gasteiger partial charge < -0.3 is 34.0 Å². The normalized spacial score (nSPS) is 32.2. The number of amides is 3. The first kappa shape index (κ1) is 33.9. The average molecular weight is 723 g/mol. The first-order valence-electron chi connectivity index (χ1n) is 16.1. The number of nitrogens with zero attached hydrogens (tertiary/aromatic N) is 3. The van der Waals surface area contributed by atoms with Gasteiger partial charge in [-0.3, -0.25) is 19.2 Å². The molecule has 2 aromatic carbocycles. The Morgan fingerprint density at radius 2 is 1.73 bits per heavy atom. The second kappa shape index (κ2) is 13.5. The van der Waals surface area contributed by atoms with Gasteiger partial charge in [0.25, 0.3) is 5.91 Å². The second-order valence-corrected chi connectivity index (χ2v) is 13.7. The van der Waals surface area contributed by atoms with Gasteiger partial charge >= 0.3 is 5.97 Å². The lowest BCUT2D eigenvalue weighted by atomic mass is 9.74. The van der Waals surface area contributed by atoms with Gasteiger partial charge in [0.15, 0.2) is 0 Å². The minimum Gasteiger partial charge on any atom is -0.497 e. The standard InChI is InChI=1S/C36H40BrN3O8/c1-21(20-41)40-32-34(44)39(24-14-16-25(46-4)17-15-24)18-10-6-9-13-27(42)38(3)22(2)30(23-11-7-5-8-12-23)47-35(45)28-29(33(40)43)36(32)19-26(37)31(28)48-36/h5-8,10-12,14-17,19,21-22,28-32,41H,9,13,18,20H2,1-4H3/b10-6-/t21-,22-,28+,29-,30+,31+,32+,36-/m1/s1. The van der Waals surface area contributed by atoms with Crippen molar-refractivity contribution in [1.29, 1.82) is 0 Å². The Morgan fingerprint density at radius 3 is 2.40 bits per heavy atom. The maximum atomic E-state index is 14.9. The van der Waals surface area contributed by atoms with E-state index in [1.54, 1.807) is 61.2 Å². The van der Waals surface area contributed by atoms with Crippen LogP contribution >= 0.6 is 15.9 Å². The summed E-state index contributed by atoms with van der Waals surface area (Å²) in [6.45, 7) is 3.22. The third kappa shape index (κ3) is 5.63. The molecule has 0 aromatic heterocycles. The number of allylic oxidation sites excluding steroid dienone is 1. The number of likely N-dealkylation sites (N-methyl/N-ethyl adjacent to an activating group) is 1. The fraction of sp³-hybridized carbons (Fsp3) is 0.444. The molecule has 0 aliphatic carbocycles. The van der Waals surface area contributed by atoms with Gasteiger partial charge in [-0.1, -0.05) is 58.4 Å². The van der Waals surface area contributed by atoms with E-state index in [9.17, 15) is 24.3 Å². The number of cyclic esters (lactones) is 1. The molecule has 2 fully saturated rings. The van der Waals surface area contributed by atoms with Crippen LogP contribution in [0.1, 0.15) is 38.4 Å². The number of hydrogen-bond acceptors (Lipinski definition) is 8. The predicted octanol–water partition coefficient (Wildman–Crippen LogP) is 3.76. The lowest BCUT2D eigenvalue weighted by Crippen LogP contribution is -2.58. The minimum atomic E-state index is -1.51. The van der Waals surface area contributed by atoms with Crippen LogP contribution in [0, 0.1) is 11.8 Å². The molecule has 2 aromatic rings. The molecule has 1 spiro atoms. The summed E-state index contributed by atoms with van der Waals surface area (Å²) in [4.78, 5) is 61.6. The molecule has 0 unspecified atom stereocenters. The third-order valence-electron chi connectivity index (χ3n) is 10.1. The predicted molar refractivity (Wildman–Crippen MR) is 180 cm³/mol. The Morgan fingerprint density at radius 1 is 1.02 bits per heavy atom. The molecule has 6 rings (SSSR count). The summed E-state index contributed by atoms with van der Waals surface area (Å²) in [5.41, 5.74) is -0.261. The molecule has 3 amide bonds. The summed E-state index contributed by atoms with van der Waals surface area (Å²) in [6.07, 6.45) is 4.33. The Hall–Kier alpha value is -4.00. The van der Waals surface area contributed by atoms with Crippen LogP contribution in [-0.4, -0.2) is 95.7 Å². The van der Waals surface area contributed by atoms with Gasteiger partial charge in [-0.2, -0.15) is 0 Å². The lowest BCUT2D eigenvalue weighted by Gasteiger charge is -2.37. The number of carbonyl (C=O) groups is 4. The molecule has 11 nitrogen and oxygen atoms in total. The highest BCUT2D eigenvalue weighted by Crippen LogP contribution is 2.59. The van der Waals surface area contributed by atoms with Crippen LogP contribution in [0.4, 0.5) is 5.69 Å². The summed E-state index contributed by atoms with van der Waals surface area (Å²) >= 11 is 3.58. The number of hydrogen-bond donors (Lipinski definition) is 1. The number of benzene rings is 2. The van der Waals surface area contributed by atoms with Crippen molar-refractivity contribution in [2.75, 3.05) is 32.2 Å². The fourth-order valence-electron chi connectivity index (χ4n) is 7.40. The minimum absolute atomic E-state index is 0.132. The topological polar surface area (TPSA) is 126 Å². The average Bonchev–Trinajstić information content (AvgIpc) is 3.70. The van der Waals surface area contributed by atoms with Crippen molar-refractivity contribution >= 4 is 45.3 Å². The number of methoxy groups -OCH3 is 1. The quantitative estimate of drug-likeness (QED) is 0.366. The highest BCUT2D eigenvalue weighted by atomic mass is 79.9. The summed E-state index contributed by atoms with van der Waals surface area (Å²) in [7, 11) is 3.24. The number of carbonyl (C=O) groups excluding carboxylic acids is 4. The molecule has 5 bridgehead atoms. The molecule has 4 heterocycles. The van der Waals surface area contributed by atoms with E-state index in [-0.39, 0.29) is 18.9 Å². The maximum absolute atomic E-state index is 14.9. The zero-order chi connectivity index (χ0) is 34.3. The molecule has 254 valence electrons. The zero-order valence-electron chi connectivity index (χ0n) is 27.3. The first-order valence-corrected chi connectivity index (χ1v) is 16.9. The van der Waals surface area contributed by atoms with Crippen LogP contribution in [0.2, 0.25) is 0 Å². The monoisotopic (exact) mass is 721 g/mol. The number of anilines is 1. The van der Waals surface area contributed by atoms with E-state index in [0.717, 1.165) is 0 Å². The van der Waals surface area contributed by atoms with E-state index >= 15 is 0 Å². The number of aliphatic hydroxyl groups excluding tert-OH is 1. The van der Waals surface area contributed by atoms with Crippen LogP contribution in [-0.2, 0) is 28.7 Å². The van der Waals surface area contributed by atoms with Crippen LogP contribution < -0.4 is 9.64 Å². The maximum Gasteiger partial charge on any atom is 0.313 e. The van der Waals surface area contributed by atoms with Crippen molar-refractivity contribution in [1.82, 2.24) is 9.80 Å². The van der Waals surface area contributed by atoms with E-state index in [1.165, 1.54) is 4.90 Å². The largest absolute Gasteiger partial charge is 0.497 e. The molecule has 0 radical (unpaired) electrons. The number of likely N-dealkylation sites (tertiary alicyclic amines) is 1. The van der Waals surface area contributed by atoms with Gasteiger partial charge in [-0.05, 0) is 56.2 Å². The van der Waals surface area contributed by atoms with Crippen molar-refractivity contribution < 1.29 is 38.5 Å². The lowest BCUT2D eigenvalue weighted by molar-refractivity contribution is -0.164. The van der Waals surface area contributed by atoms with Gasteiger partial charge in [0.05, 0.1) is 31.7 Å². The summed E-state index contributed by atoms with van der Waals surface area (Å²) in [5.74, 6) is -3.29. The number of halogens is 1. The molecule has 4 aliphatic heterocycles.